The summed E-state index contributed by atoms with van der Waals surface area (Å²) in [6.07, 6.45) is 4.94. The second-order valence-corrected chi connectivity index (χ2v) is 6.24. The summed E-state index contributed by atoms with van der Waals surface area (Å²) in [5.41, 5.74) is 2.09. The van der Waals surface area contributed by atoms with Crippen LogP contribution >= 0.6 is 0 Å². The van der Waals surface area contributed by atoms with E-state index in [0.29, 0.717) is 17.5 Å². The second-order valence-electron chi connectivity index (χ2n) is 6.24. The molecule has 2 rings (SSSR count). The van der Waals surface area contributed by atoms with Crippen molar-refractivity contribution < 1.29 is 30.0 Å². The molecule has 0 saturated heterocycles. The predicted molar refractivity (Wildman–Crippen MR) is 103 cm³/mol. The molecule has 0 aliphatic carbocycles. The Labute approximate surface area is 157 Å². The van der Waals surface area contributed by atoms with Crippen LogP contribution in [-0.4, -0.2) is 33.3 Å². The Balaban J connectivity index is 2.35. The van der Waals surface area contributed by atoms with E-state index < -0.39 is 11.5 Å². The molecule has 0 aromatic heterocycles. The van der Waals surface area contributed by atoms with Crippen molar-refractivity contribution in [3.05, 3.63) is 58.7 Å². The summed E-state index contributed by atoms with van der Waals surface area (Å²) in [5.74, 6) is -1.74. The normalized spacial score (nSPS) is 10.8. The van der Waals surface area contributed by atoms with Gasteiger partial charge >= 0.3 is 0 Å². The minimum atomic E-state index is -0.418. The van der Waals surface area contributed by atoms with Gasteiger partial charge in [-0.15, -0.1) is 0 Å². The van der Waals surface area contributed by atoms with Crippen molar-refractivity contribution >= 4 is 11.9 Å². The van der Waals surface area contributed by atoms with E-state index >= 15 is 0 Å². The van der Waals surface area contributed by atoms with Gasteiger partial charge in [-0.1, -0.05) is 11.6 Å². The van der Waals surface area contributed by atoms with E-state index in [-0.39, 0.29) is 28.6 Å². The van der Waals surface area contributed by atoms with E-state index in [0.717, 1.165) is 5.57 Å². The van der Waals surface area contributed by atoms with Crippen molar-refractivity contribution in [2.45, 2.75) is 20.3 Å². The largest absolute Gasteiger partial charge is 0.504 e. The van der Waals surface area contributed by atoms with Gasteiger partial charge in [-0.25, -0.2) is 0 Å². The number of methoxy groups -OCH3 is 1. The number of hydrogen-bond acceptors (Lipinski definition) is 6. The molecule has 0 amide bonds. The van der Waals surface area contributed by atoms with Gasteiger partial charge in [0.2, 0.25) is 5.75 Å². The molecule has 2 aromatic carbocycles. The zero-order valence-electron chi connectivity index (χ0n) is 15.4. The molecule has 0 radical (unpaired) electrons. The number of hydrogen-bond donors (Lipinski definition) is 4. The molecule has 6 nitrogen and oxygen atoms in total. The lowest BCUT2D eigenvalue weighted by Crippen LogP contribution is -1.97. The summed E-state index contributed by atoms with van der Waals surface area (Å²) in [7, 11) is 1.33. The van der Waals surface area contributed by atoms with Gasteiger partial charge in [-0.2, -0.15) is 0 Å². The van der Waals surface area contributed by atoms with Gasteiger partial charge in [0.1, 0.15) is 0 Å². The highest BCUT2D eigenvalue weighted by Gasteiger charge is 2.14. The molecule has 0 unspecified atom stereocenters. The molecule has 27 heavy (non-hydrogen) atoms. The van der Waals surface area contributed by atoms with Crippen LogP contribution in [0.25, 0.3) is 6.08 Å². The lowest BCUT2D eigenvalue weighted by atomic mass is 10.0. The summed E-state index contributed by atoms with van der Waals surface area (Å²) >= 11 is 0. The number of phenolic OH excluding ortho intramolecular Hbond substituents is 4. The van der Waals surface area contributed by atoms with Crippen LogP contribution < -0.4 is 4.74 Å². The minimum absolute atomic E-state index is 0.0388. The molecule has 2 aromatic rings. The Morgan fingerprint density at radius 1 is 1.04 bits per heavy atom. The fraction of sp³-hybridized carbons (Fsp3) is 0.190. The molecule has 0 heterocycles. The maximum Gasteiger partial charge on any atom is 0.201 e. The molecule has 0 spiro atoms. The summed E-state index contributed by atoms with van der Waals surface area (Å²) < 4.78 is 5.05. The first kappa shape index (κ1) is 19.9. The average molecular weight is 370 g/mol. The molecular formula is C21H22O6. The summed E-state index contributed by atoms with van der Waals surface area (Å²) in [6.45, 7) is 3.82. The second kappa shape index (κ2) is 8.31. The number of allylic oxidation sites excluding steroid dienone is 3. The molecule has 0 atom stereocenters. The molecule has 142 valence electrons. The number of rotatable bonds is 6. The van der Waals surface area contributed by atoms with E-state index in [1.807, 2.05) is 19.9 Å². The van der Waals surface area contributed by atoms with Crippen molar-refractivity contribution in [1.82, 2.24) is 0 Å². The molecule has 6 heteroatoms. The average Bonchev–Trinajstić information content (AvgIpc) is 2.63. The highest BCUT2D eigenvalue weighted by molar-refractivity contribution is 6.07. The van der Waals surface area contributed by atoms with Gasteiger partial charge in [0.05, 0.1) is 7.11 Å². The highest BCUT2D eigenvalue weighted by atomic mass is 16.5. The monoisotopic (exact) mass is 370 g/mol. The Morgan fingerprint density at radius 2 is 1.74 bits per heavy atom. The summed E-state index contributed by atoms with van der Waals surface area (Å²) in [6, 6.07) is 5.49. The van der Waals surface area contributed by atoms with Gasteiger partial charge in [0.15, 0.2) is 28.8 Å². The predicted octanol–water partition coefficient (Wildman–Crippen LogP) is 3.92. The van der Waals surface area contributed by atoms with Crippen molar-refractivity contribution in [1.29, 1.82) is 0 Å². The van der Waals surface area contributed by atoms with Gasteiger partial charge < -0.3 is 25.2 Å². The number of benzene rings is 2. The molecule has 0 bridgehead atoms. The molecule has 0 fully saturated rings. The molecular weight excluding hydrogens is 348 g/mol. The molecule has 4 N–H and O–H groups in total. The van der Waals surface area contributed by atoms with E-state index in [4.69, 9.17) is 4.74 Å². The standard InChI is InChI=1S/C21H22O6/c1-12(2)4-5-14-10-15(11-18(24)19(14)25)16(22)8-6-13-7-9-17(23)20(26)21(13)27-3/h4,6-11,23-26H,5H2,1-3H3. The third kappa shape index (κ3) is 4.61. The van der Waals surface area contributed by atoms with Crippen molar-refractivity contribution in [3.63, 3.8) is 0 Å². The fourth-order valence-electron chi connectivity index (χ4n) is 2.47. The van der Waals surface area contributed by atoms with Crippen LogP contribution in [-0.2, 0) is 6.42 Å². The third-order valence-corrected chi connectivity index (χ3v) is 3.94. The zero-order valence-corrected chi connectivity index (χ0v) is 15.4. The summed E-state index contributed by atoms with van der Waals surface area (Å²) in [4.78, 5) is 12.5. The summed E-state index contributed by atoms with van der Waals surface area (Å²) in [5, 5.41) is 39.2. The van der Waals surface area contributed by atoms with E-state index in [9.17, 15) is 25.2 Å². The maximum atomic E-state index is 12.5. The van der Waals surface area contributed by atoms with Gasteiger partial charge in [-0.3, -0.25) is 4.79 Å². The highest BCUT2D eigenvalue weighted by Crippen LogP contribution is 2.38. The quantitative estimate of drug-likeness (QED) is 0.266. The van der Waals surface area contributed by atoms with E-state index in [1.54, 1.807) is 0 Å². The minimum Gasteiger partial charge on any atom is -0.504 e. The van der Waals surface area contributed by atoms with Gasteiger partial charge in [-0.05, 0) is 56.7 Å². The van der Waals surface area contributed by atoms with Crippen LogP contribution in [0, 0.1) is 0 Å². The molecule has 0 aliphatic rings. The number of ether oxygens (including phenoxy) is 1. The van der Waals surface area contributed by atoms with Crippen molar-refractivity contribution in [3.8, 4) is 28.7 Å². The van der Waals surface area contributed by atoms with Crippen LogP contribution in [0.5, 0.6) is 28.7 Å². The Morgan fingerprint density at radius 3 is 2.37 bits per heavy atom. The van der Waals surface area contributed by atoms with E-state index in [2.05, 4.69) is 0 Å². The molecule has 0 saturated carbocycles. The SMILES string of the molecule is COc1c(C=CC(=O)c2cc(O)c(O)c(CC=C(C)C)c2)ccc(O)c1O. The number of aromatic hydroxyl groups is 4. The van der Waals surface area contributed by atoms with Crippen LogP contribution in [0.2, 0.25) is 0 Å². The number of phenols is 4. The third-order valence-electron chi connectivity index (χ3n) is 3.94. The first-order chi connectivity index (χ1) is 12.7. The maximum absolute atomic E-state index is 12.5. The number of carbonyl (C=O) groups excluding carboxylic acids is 1. The smallest absolute Gasteiger partial charge is 0.201 e. The van der Waals surface area contributed by atoms with E-state index in [1.165, 1.54) is 43.5 Å². The fourth-order valence-corrected chi connectivity index (χ4v) is 2.47. The number of ketones is 1. The van der Waals surface area contributed by atoms with Crippen molar-refractivity contribution in [2.24, 2.45) is 0 Å². The zero-order chi connectivity index (χ0) is 20.1. The van der Waals surface area contributed by atoms with Crippen LogP contribution in [0.1, 0.15) is 35.3 Å². The van der Waals surface area contributed by atoms with Crippen molar-refractivity contribution in [2.75, 3.05) is 7.11 Å². The lowest BCUT2D eigenvalue weighted by molar-refractivity contribution is 0.104. The lowest BCUT2D eigenvalue weighted by Gasteiger charge is -2.09. The first-order valence-corrected chi connectivity index (χ1v) is 8.24. The van der Waals surface area contributed by atoms with Gasteiger partial charge in [0, 0.05) is 16.7 Å². The Hall–Kier alpha value is -3.41. The Kier molecular flexibility index (Phi) is 6.13. The Bertz CT molecular complexity index is 921. The van der Waals surface area contributed by atoms with Crippen LogP contribution in [0.3, 0.4) is 0 Å². The number of carbonyl (C=O) groups is 1. The first-order valence-electron chi connectivity index (χ1n) is 8.24. The van der Waals surface area contributed by atoms with Crippen LogP contribution in [0.4, 0.5) is 0 Å². The van der Waals surface area contributed by atoms with Crippen LogP contribution in [0.15, 0.2) is 42.0 Å². The topological polar surface area (TPSA) is 107 Å². The molecule has 0 aliphatic heterocycles. The van der Waals surface area contributed by atoms with Gasteiger partial charge in [0.25, 0.3) is 0 Å².